The number of methoxy groups -OCH3 is 4. The van der Waals surface area contributed by atoms with E-state index in [1.54, 1.807) is 28.4 Å². The molecule has 12 heteroatoms. The Labute approximate surface area is 650 Å². The third-order valence-corrected chi connectivity index (χ3v) is 21.6. The number of nitrogens with zero attached hydrogens (tertiary/aromatic N) is 2. The highest BCUT2D eigenvalue weighted by Gasteiger charge is 2.23. The standard InChI is InChI=1S/C96H134N4O8/c1-9-13-17-21-25-29-33-37-41-45-65-105-85-61-49-73(69-89(85)101-5)93-77-53-55-79(97-77)94(74-50-62-86(90(70-74)102-6)106-66-46-42-38-34-30-26-22-18-14-10-2)81-57-59-83(99-81)96(76-52-64-88(92(72-76)104-8)108-68-48-44-40-36-32-28-24-20-16-12-4)84-60-58-82(100-84)95(80-56-54-78(93)98-80)75-51-63-87(91(71-75)103-7)107-67-47-43-39-35-31-27-23-19-15-11-3/h49-64,69-72,97,100H,9-48,65-68H2,1-8H3. The third-order valence-electron chi connectivity index (χ3n) is 21.6. The molecule has 2 aliphatic heterocycles. The Bertz CT molecular complexity index is 3510. The van der Waals surface area contributed by atoms with Crippen LogP contribution in [0.15, 0.2) is 97.1 Å². The fourth-order valence-corrected chi connectivity index (χ4v) is 15.3. The molecule has 2 aliphatic rings. The lowest BCUT2D eigenvalue weighted by Gasteiger charge is -2.14. The van der Waals surface area contributed by atoms with Crippen molar-refractivity contribution in [2.45, 2.75) is 285 Å². The number of rotatable bonds is 56. The number of unbranched alkanes of at least 4 members (excludes halogenated alkanes) is 36. The summed E-state index contributed by atoms with van der Waals surface area (Å²) < 4.78 is 51.1. The molecule has 0 radical (unpaired) electrons. The lowest BCUT2D eigenvalue weighted by atomic mass is 10.0. The predicted octanol–water partition coefficient (Wildman–Crippen LogP) is 28.6. The van der Waals surface area contributed by atoms with Crippen LogP contribution in [0, 0.1) is 0 Å². The fraction of sp³-hybridized carbons (Fsp3) is 0.542. The number of benzene rings is 4. The SMILES string of the molecule is CCCCCCCCCCCCOc1ccc(-c2c3nc(c(-c4ccc(OCCCCCCCCCCCC)c(OC)c4)c4ccc([nH]4)c(-c4ccc(OCCCCCCCCCCCC)c(OC)c4)c4nc(c(-c5ccc(OCCCCCCCCCCCC)c(OC)c5)c5ccc2[nH]5)C=C4)C=C3)cc1OC. The van der Waals surface area contributed by atoms with Crippen LogP contribution >= 0.6 is 0 Å². The number of ether oxygens (including phenoxy) is 8. The largest absolute Gasteiger partial charge is 0.493 e. The van der Waals surface area contributed by atoms with E-state index in [1.807, 2.05) is 0 Å². The van der Waals surface area contributed by atoms with Gasteiger partial charge in [-0.1, -0.05) is 283 Å². The molecule has 0 aliphatic carbocycles. The van der Waals surface area contributed by atoms with Crippen LogP contribution in [-0.4, -0.2) is 74.8 Å². The molecule has 9 rings (SSSR count). The Morgan fingerprint density at radius 1 is 0.222 bits per heavy atom. The van der Waals surface area contributed by atoms with Crippen LogP contribution in [0.2, 0.25) is 0 Å². The van der Waals surface area contributed by atoms with E-state index in [-0.39, 0.29) is 0 Å². The Morgan fingerprint density at radius 2 is 0.407 bits per heavy atom. The summed E-state index contributed by atoms with van der Waals surface area (Å²) in [6, 6.07) is 33.8. The second-order valence-corrected chi connectivity index (χ2v) is 30.1. The Balaban J connectivity index is 1.14. The average Bonchev–Trinajstić information content (AvgIpc) is 1.65. The van der Waals surface area contributed by atoms with Crippen LogP contribution in [0.1, 0.15) is 307 Å². The summed E-state index contributed by atoms with van der Waals surface area (Å²) in [5, 5.41) is 0. The topological polar surface area (TPSA) is 131 Å². The van der Waals surface area contributed by atoms with Gasteiger partial charge in [-0.05, 0) is 145 Å². The number of hydrogen-bond donors (Lipinski definition) is 2. The molecule has 0 saturated carbocycles. The molecule has 4 aromatic carbocycles. The molecule has 0 fully saturated rings. The van der Waals surface area contributed by atoms with Crippen molar-refractivity contribution in [3.63, 3.8) is 0 Å². The molecular formula is C96H134N4O8. The van der Waals surface area contributed by atoms with Gasteiger partial charge in [0.05, 0.1) is 77.6 Å². The second-order valence-electron chi connectivity index (χ2n) is 30.1. The van der Waals surface area contributed by atoms with Gasteiger partial charge in [0, 0.05) is 44.3 Å². The maximum absolute atomic E-state index is 6.55. The number of aromatic amines is 2. The highest BCUT2D eigenvalue weighted by Crippen LogP contribution is 2.44. The van der Waals surface area contributed by atoms with Gasteiger partial charge in [0.2, 0.25) is 0 Å². The molecule has 108 heavy (non-hydrogen) atoms. The van der Waals surface area contributed by atoms with Crippen LogP contribution in [-0.2, 0) is 0 Å². The van der Waals surface area contributed by atoms with Crippen molar-refractivity contribution in [2.24, 2.45) is 0 Å². The molecule has 0 saturated heterocycles. The Morgan fingerprint density at radius 3 is 0.593 bits per heavy atom. The molecule has 12 nitrogen and oxygen atoms in total. The van der Waals surface area contributed by atoms with E-state index in [0.717, 1.165) is 164 Å². The highest BCUT2D eigenvalue weighted by molar-refractivity contribution is 6.00. The summed E-state index contributed by atoms with van der Waals surface area (Å²) in [5.74, 6) is 5.50. The summed E-state index contributed by atoms with van der Waals surface area (Å²) in [5.41, 5.74) is 13.8. The summed E-state index contributed by atoms with van der Waals surface area (Å²) in [4.78, 5) is 19.4. The van der Waals surface area contributed by atoms with Crippen molar-refractivity contribution < 1.29 is 37.9 Å². The molecule has 0 atom stereocenters. The average molecular weight is 1470 g/mol. The van der Waals surface area contributed by atoms with Gasteiger partial charge in [0.1, 0.15) is 0 Å². The molecule has 0 unspecified atom stereocenters. The summed E-state index contributed by atoms with van der Waals surface area (Å²) >= 11 is 0. The number of H-pyrrole nitrogens is 2. The third kappa shape index (κ3) is 26.0. The first kappa shape index (κ1) is 83.9. The molecule has 0 spiro atoms. The quantitative estimate of drug-likeness (QED) is 0.0355. The maximum Gasteiger partial charge on any atom is 0.161 e. The fourth-order valence-electron chi connectivity index (χ4n) is 15.3. The lowest BCUT2D eigenvalue weighted by molar-refractivity contribution is 0.284. The molecule has 2 N–H and O–H groups in total. The van der Waals surface area contributed by atoms with Crippen molar-refractivity contribution >= 4 is 46.4 Å². The van der Waals surface area contributed by atoms with Gasteiger partial charge in [-0.15, -0.1) is 0 Å². The lowest BCUT2D eigenvalue weighted by Crippen LogP contribution is -2.00. The number of fused-ring (bicyclic) bond motifs is 8. The first-order valence-corrected chi connectivity index (χ1v) is 42.7. The number of hydrogen-bond acceptors (Lipinski definition) is 10. The summed E-state index contributed by atoms with van der Waals surface area (Å²) in [6.07, 6.45) is 59.0. The first-order chi connectivity index (χ1) is 53.3. The van der Waals surface area contributed by atoms with Gasteiger partial charge < -0.3 is 47.9 Å². The number of nitrogens with one attached hydrogen (secondary N) is 2. The van der Waals surface area contributed by atoms with Gasteiger partial charge in [0.25, 0.3) is 0 Å². The van der Waals surface area contributed by atoms with E-state index in [2.05, 4.69) is 159 Å². The van der Waals surface area contributed by atoms with Crippen LogP contribution in [0.4, 0.5) is 0 Å². The number of aromatic nitrogens is 4. The molecule has 3 aromatic heterocycles. The first-order valence-electron chi connectivity index (χ1n) is 42.7. The Hall–Kier alpha value is -8.12. The van der Waals surface area contributed by atoms with Crippen LogP contribution in [0.5, 0.6) is 46.0 Å². The van der Waals surface area contributed by atoms with Crippen LogP contribution < -0.4 is 37.9 Å². The minimum atomic E-state index is 0.619. The van der Waals surface area contributed by atoms with Gasteiger partial charge in [-0.25, -0.2) is 9.97 Å². The highest BCUT2D eigenvalue weighted by atomic mass is 16.5. The molecule has 586 valence electrons. The van der Waals surface area contributed by atoms with E-state index < -0.39 is 0 Å². The Kier molecular flexibility index (Phi) is 37.6. The molecular weight excluding hydrogens is 1340 g/mol. The normalized spacial score (nSPS) is 11.8. The molecule has 7 aromatic rings. The van der Waals surface area contributed by atoms with Crippen molar-refractivity contribution in [3.05, 3.63) is 120 Å². The summed E-state index contributed by atoms with van der Waals surface area (Å²) in [7, 11) is 6.91. The minimum Gasteiger partial charge on any atom is -0.493 e. The van der Waals surface area contributed by atoms with E-state index >= 15 is 0 Å². The minimum absolute atomic E-state index is 0.619. The maximum atomic E-state index is 6.55. The zero-order chi connectivity index (χ0) is 75.6. The smallest absolute Gasteiger partial charge is 0.161 e. The van der Waals surface area contributed by atoms with Crippen LogP contribution in [0.3, 0.4) is 0 Å². The van der Waals surface area contributed by atoms with E-state index in [4.69, 9.17) is 47.9 Å². The van der Waals surface area contributed by atoms with Crippen LogP contribution in [0.25, 0.3) is 90.9 Å². The van der Waals surface area contributed by atoms with Gasteiger partial charge in [-0.2, -0.15) is 0 Å². The van der Waals surface area contributed by atoms with Crippen molar-refractivity contribution in [2.75, 3.05) is 54.9 Å². The zero-order valence-corrected chi connectivity index (χ0v) is 67.8. The van der Waals surface area contributed by atoms with E-state index in [0.29, 0.717) is 49.4 Å². The van der Waals surface area contributed by atoms with Gasteiger partial charge in [0.15, 0.2) is 46.0 Å². The predicted molar refractivity (Wildman–Crippen MR) is 456 cm³/mol. The molecule has 8 bridgehead atoms. The van der Waals surface area contributed by atoms with Gasteiger partial charge in [-0.3, -0.25) is 0 Å². The van der Waals surface area contributed by atoms with Crippen molar-refractivity contribution in [3.8, 4) is 90.5 Å². The second kappa shape index (κ2) is 48.4. The van der Waals surface area contributed by atoms with E-state index in [9.17, 15) is 0 Å². The van der Waals surface area contributed by atoms with Crippen molar-refractivity contribution in [1.29, 1.82) is 0 Å². The van der Waals surface area contributed by atoms with Crippen molar-refractivity contribution in [1.82, 2.24) is 19.9 Å². The van der Waals surface area contributed by atoms with Gasteiger partial charge >= 0.3 is 0 Å². The molecule has 0 amide bonds. The zero-order valence-electron chi connectivity index (χ0n) is 67.8. The monoisotopic (exact) mass is 1470 g/mol. The van der Waals surface area contributed by atoms with E-state index in [1.165, 1.54) is 205 Å². The molecule has 5 heterocycles. The summed E-state index contributed by atoms with van der Waals surface area (Å²) in [6.45, 7) is 11.6.